The van der Waals surface area contributed by atoms with Crippen molar-refractivity contribution in [2.24, 2.45) is 4.99 Å². The van der Waals surface area contributed by atoms with Crippen LogP contribution in [0.15, 0.2) is 98.7 Å². The lowest BCUT2D eigenvalue weighted by molar-refractivity contribution is -0.113. The molecule has 4 nitrogen and oxygen atoms in total. The molecular weight excluding hydrogens is 441 g/mol. The molecule has 0 aliphatic carbocycles. The average molecular weight is 462 g/mol. The van der Waals surface area contributed by atoms with E-state index in [4.69, 9.17) is 4.99 Å². The molecule has 0 unspecified atom stereocenters. The first-order valence-corrected chi connectivity index (χ1v) is 11.9. The van der Waals surface area contributed by atoms with Crippen molar-refractivity contribution in [3.8, 4) is 0 Å². The minimum atomic E-state index is -0.337. The molecule has 0 radical (unpaired) electrons. The molecule has 5 rings (SSSR count). The van der Waals surface area contributed by atoms with Crippen molar-refractivity contribution in [3.05, 3.63) is 100 Å². The molecule has 1 fully saturated rings. The Hall–Kier alpha value is -3.03. The summed E-state index contributed by atoms with van der Waals surface area (Å²) in [6.45, 7) is 0.559. The van der Waals surface area contributed by atoms with Crippen LogP contribution in [0, 0.1) is 5.82 Å². The Balaban J connectivity index is 1.49. The number of carbonyl (C=O) groups is 1. The Morgan fingerprint density at radius 1 is 0.906 bits per heavy atom. The number of aliphatic imine (C=N–C) groups is 1. The quantitative estimate of drug-likeness (QED) is 0.452. The summed E-state index contributed by atoms with van der Waals surface area (Å²) in [5.74, 6) is -0.474. The van der Waals surface area contributed by atoms with Crippen molar-refractivity contribution in [2.45, 2.75) is 11.3 Å². The number of benzene rings is 3. The van der Waals surface area contributed by atoms with Gasteiger partial charge in [0.1, 0.15) is 10.7 Å². The topological polar surface area (TPSA) is 35.9 Å². The van der Waals surface area contributed by atoms with Crippen LogP contribution in [-0.4, -0.2) is 24.7 Å². The zero-order valence-electron chi connectivity index (χ0n) is 17.4. The zero-order chi connectivity index (χ0) is 22.1. The van der Waals surface area contributed by atoms with E-state index >= 15 is 0 Å². The molecule has 160 valence electrons. The van der Waals surface area contributed by atoms with Crippen LogP contribution in [0.25, 0.3) is 0 Å². The average Bonchev–Trinajstić information content (AvgIpc) is 3.32. The van der Waals surface area contributed by atoms with E-state index in [1.54, 1.807) is 28.8 Å². The van der Waals surface area contributed by atoms with Gasteiger partial charge in [-0.3, -0.25) is 14.7 Å². The lowest BCUT2D eigenvalue weighted by Gasteiger charge is -2.16. The van der Waals surface area contributed by atoms with E-state index in [0.717, 1.165) is 22.0 Å². The number of para-hydroxylation sites is 1. The molecule has 1 amide bonds. The molecule has 0 saturated carbocycles. The lowest BCUT2D eigenvalue weighted by atomic mass is 10.2. The normalized spacial score (nSPS) is 19.2. The van der Waals surface area contributed by atoms with Crippen molar-refractivity contribution in [2.75, 3.05) is 23.4 Å². The van der Waals surface area contributed by atoms with E-state index < -0.39 is 0 Å². The molecule has 2 heterocycles. The number of nitrogens with zero attached hydrogens (tertiary/aromatic N) is 3. The Labute approximate surface area is 194 Å². The lowest BCUT2D eigenvalue weighted by Crippen LogP contribution is -2.29. The SMILES string of the molecule is CN1/C(=C2/SC(=NCCc3ccccc3)N(c3ccc(F)cc3)C2=O)Sc2ccccc21. The van der Waals surface area contributed by atoms with E-state index in [1.807, 2.05) is 43.4 Å². The Kier molecular flexibility index (Phi) is 5.76. The molecule has 0 atom stereocenters. The third-order valence-corrected chi connectivity index (χ3v) is 7.72. The highest BCUT2D eigenvalue weighted by Gasteiger charge is 2.39. The Bertz CT molecular complexity index is 1230. The van der Waals surface area contributed by atoms with Crippen LogP contribution in [0.1, 0.15) is 5.56 Å². The molecule has 0 N–H and O–H groups in total. The maximum atomic E-state index is 13.6. The second kappa shape index (κ2) is 8.84. The number of hydrogen-bond donors (Lipinski definition) is 0. The first-order valence-electron chi connectivity index (χ1n) is 10.2. The maximum absolute atomic E-state index is 13.6. The third-order valence-electron chi connectivity index (χ3n) is 5.29. The summed E-state index contributed by atoms with van der Waals surface area (Å²) in [6, 6.07) is 24.2. The number of amides is 1. The van der Waals surface area contributed by atoms with Crippen molar-refractivity contribution in [1.82, 2.24) is 0 Å². The van der Waals surface area contributed by atoms with Gasteiger partial charge in [-0.1, -0.05) is 54.2 Å². The molecule has 7 heteroatoms. The standard InChI is InChI=1S/C25H20FN3OS2/c1-28-20-9-5-6-10-21(20)31-24(28)22-23(30)29(19-13-11-18(26)12-14-19)25(32-22)27-16-15-17-7-3-2-4-8-17/h2-14H,15-16H2,1H3/b24-22-,27-25?. The smallest absolute Gasteiger partial charge is 0.274 e. The first-order chi connectivity index (χ1) is 15.6. The summed E-state index contributed by atoms with van der Waals surface area (Å²) < 4.78 is 13.5. The molecule has 2 aliphatic rings. The summed E-state index contributed by atoms with van der Waals surface area (Å²) in [5, 5.41) is 1.51. The number of fused-ring (bicyclic) bond motifs is 1. The van der Waals surface area contributed by atoms with Crippen LogP contribution >= 0.6 is 23.5 Å². The van der Waals surface area contributed by atoms with E-state index in [9.17, 15) is 9.18 Å². The second-order valence-corrected chi connectivity index (χ2v) is 9.39. The molecule has 0 bridgehead atoms. The molecular formula is C25H20FN3OS2. The number of anilines is 2. The van der Waals surface area contributed by atoms with E-state index in [1.165, 1.54) is 29.5 Å². The van der Waals surface area contributed by atoms with Gasteiger partial charge in [0.2, 0.25) is 0 Å². The fourth-order valence-electron chi connectivity index (χ4n) is 3.65. The van der Waals surface area contributed by atoms with Crippen molar-refractivity contribution in [1.29, 1.82) is 0 Å². The van der Waals surface area contributed by atoms with Crippen LogP contribution in [0.4, 0.5) is 15.8 Å². The number of halogens is 1. The highest BCUT2D eigenvalue weighted by atomic mass is 32.2. The predicted molar refractivity (Wildman–Crippen MR) is 132 cm³/mol. The van der Waals surface area contributed by atoms with E-state index in [2.05, 4.69) is 23.1 Å². The van der Waals surface area contributed by atoms with Gasteiger partial charge < -0.3 is 4.90 Å². The highest BCUT2D eigenvalue weighted by Crippen LogP contribution is 2.50. The van der Waals surface area contributed by atoms with Gasteiger partial charge in [0.15, 0.2) is 5.17 Å². The molecule has 32 heavy (non-hydrogen) atoms. The van der Waals surface area contributed by atoms with Crippen LogP contribution in [0.3, 0.4) is 0 Å². The van der Waals surface area contributed by atoms with Crippen LogP contribution in [0.5, 0.6) is 0 Å². The van der Waals surface area contributed by atoms with Gasteiger partial charge >= 0.3 is 0 Å². The van der Waals surface area contributed by atoms with E-state index in [0.29, 0.717) is 22.3 Å². The third kappa shape index (κ3) is 3.94. The minimum absolute atomic E-state index is 0.137. The van der Waals surface area contributed by atoms with Crippen molar-refractivity contribution >= 4 is 46.0 Å². The zero-order valence-corrected chi connectivity index (χ0v) is 19.0. The number of rotatable bonds is 4. The van der Waals surface area contributed by atoms with Gasteiger partial charge in [-0.25, -0.2) is 4.39 Å². The van der Waals surface area contributed by atoms with Gasteiger partial charge in [0.05, 0.1) is 16.4 Å². The monoisotopic (exact) mass is 461 g/mol. The molecule has 1 saturated heterocycles. The van der Waals surface area contributed by atoms with Gasteiger partial charge in [-0.15, -0.1) is 0 Å². The molecule has 0 aromatic heterocycles. The van der Waals surface area contributed by atoms with Gasteiger partial charge in [0.25, 0.3) is 5.91 Å². The molecule has 2 aliphatic heterocycles. The van der Waals surface area contributed by atoms with Crippen molar-refractivity contribution in [3.63, 3.8) is 0 Å². The Morgan fingerprint density at radius 3 is 2.38 bits per heavy atom. The summed E-state index contributed by atoms with van der Waals surface area (Å²) in [6.07, 6.45) is 0.780. The highest BCUT2D eigenvalue weighted by molar-refractivity contribution is 8.20. The molecule has 3 aromatic rings. The fraction of sp³-hybridized carbons (Fsp3) is 0.120. The first kappa shape index (κ1) is 20.8. The van der Waals surface area contributed by atoms with Gasteiger partial charge in [0, 0.05) is 18.5 Å². The maximum Gasteiger partial charge on any atom is 0.274 e. The van der Waals surface area contributed by atoms with Gasteiger partial charge in [-0.2, -0.15) is 0 Å². The number of hydrogen-bond acceptors (Lipinski definition) is 5. The Morgan fingerprint density at radius 2 is 1.62 bits per heavy atom. The van der Waals surface area contributed by atoms with Crippen LogP contribution < -0.4 is 9.80 Å². The summed E-state index contributed by atoms with van der Waals surface area (Å²) in [4.78, 5) is 23.7. The minimum Gasteiger partial charge on any atom is -0.337 e. The van der Waals surface area contributed by atoms with Crippen LogP contribution in [-0.2, 0) is 11.2 Å². The summed E-state index contributed by atoms with van der Waals surface area (Å²) in [7, 11) is 1.97. The number of thioether (sulfide) groups is 2. The number of amidine groups is 1. The second-order valence-electron chi connectivity index (χ2n) is 7.38. The molecule has 3 aromatic carbocycles. The largest absolute Gasteiger partial charge is 0.337 e. The number of carbonyl (C=O) groups excluding carboxylic acids is 1. The van der Waals surface area contributed by atoms with E-state index in [-0.39, 0.29) is 11.7 Å². The fourth-order valence-corrected chi connectivity index (χ4v) is 6.00. The van der Waals surface area contributed by atoms with Gasteiger partial charge in [-0.05, 0) is 60.1 Å². The molecule has 0 spiro atoms. The summed E-state index contributed by atoms with van der Waals surface area (Å²) >= 11 is 2.97. The predicted octanol–water partition coefficient (Wildman–Crippen LogP) is 5.92. The summed E-state index contributed by atoms with van der Waals surface area (Å²) in [5.41, 5.74) is 2.89. The van der Waals surface area contributed by atoms with Crippen molar-refractivity contribution < 1.29 is 9.18 Å². The van der Waals surface area contributed by atoms with Crippen LogP contribution in [0.2, 0.25) is 0 Å².